The Labute approximate surface area is 153 Å². The van der Waals surface area contributed by atoms with Crippen LogP contribution in [0.1, 0.15) is 22.5 Å². The number of fused-ring (bicyclic) bond motifs is 1. The molecule has 2 aromatic rings. The van der Waals surface area contributed by atoms with Gasteiger partial charge in [-0.2, -0.15) is 0 Å². The second-order valence-corrected chi connectivity index (χ2v) is 7.48. The van der Waals surface area contributed by atoms with Gasteiger partial charge in [-0.25, -0.2) is 4.98 Å². The number of hydrogen-bond donors (Lipinski definition) is 1. The molecule has 0 spiro atoms. The second kappa shape index (κ2) is 7.13. The van der Waals surface area contributed by atoms with Crippen molar-refractivity contribution in [2.45, 2.75) is 13.0 Å². The fourth-order valence-electron chi connectivity index (χ4n) is 4.43. The van der Waals surface area contributed by atoms with Gasteiger partial charge < -0.3 is 10.0 Å². The van der Waals surface area contributed by atoms with Crippen LogP contribution in [0, 0.1) is 11.3 Å². The number of rotatable bonds is 4. The standard InChI is InChI=1S/C20H24N4O2/c25-15-20-13-23(11-16-4-2-1-3-5-16)12-17(20)6-9-24(14-20)19(26)18-10-21-7-8-22-18/h1-5,7-8,10,17,25H,6,9,11-15H2/t17-,20-/m0/s1. The Balaban J connectivity index is 1.48. The number of carbonyl (C=O) groups excluding carboxylic acids is 1. The largest absolute Gasteiger partial charge is 0.396 e. The van der Waals surface area contributed by atoms with E-state index in [1.54, 1.807) is 12.4 Å². The highest BCUT2D eigenvalue weighted by atomic mass is 16.3. The van der Waals surface area contributed by atoms with Gasteiger partial charge in [0.25, 0.3) is 5.91 Å². The molecule has 136 valence electrons. The van der Waals surface area contributed by atoms with Crippen LogP contribution in [-0.4, -0.2) is 63.6 Å². The molecule has 3 heterocycles. The van der Waals surface area contributed by atoms with Crippen LogP contribution in [0.4, 0.5) is 0 Å². The Kier molecular flexibility index (Phi) is 4.70. The van der Waals surface area contributed by atoms with Crippen molar-refractivity contribution in [3.63, 3.8) is 0 Å². The first kappa shape index (κ1) is 17.1. The zero-order valence-electron chi connectivity index (χ0n) is 14.8. The quantitative estimate of drug-likeness (QED) is 0.902. The lowest BCUT2D eigenvalue weighted by atomic mass is 9.74. The van der Waals surface area contributed by atoms with Gasteiger partial charge in [0.05, 0.1) is 12.8 Å². The van der Waals surface area contributed by atoms with Gasteiger partial charge in [0.2, 0.25) is 0 Å². The lowest BCUT2D eigenvalue weighted by Crippen LogP contribution is -2.52. The van der Waals surface area contributed by atoms with Crippen LogP contribution in [0.5, 0.6) is 0 Å². The van der Waals surface area contributed by atoms with Crippen molar-refractivity contribution < 1.29 is 9.90 Å². The van der Waals surface area contributed by atoms with E-state index in [1.165, 1.54) is 11.8 Å². The van der Waals surface area contributed by atoms with Crippen LogP contribution in [0.25, 0.3) is 0 Å². The maximum Gasteiger partial charge on any atom is 0.274 e. The van der Waals surface area contributed by atoms with E-state index >= 15 is 0 Å². The average Bonchev–Trinajstić information content (AvgIpc) is 3.06. The SMILES string of the molecule is O=C(c1cnccn1)N1CC[C@H]2CN(Cc3ccccc3)C[C@@]2(CO)C1. The molecule has 0 saturated carbocycles. The summed E-state index contributed by atoms with van der Waals surface area (Å²) < 4.78 is 0. The van der Waals surface area contributed by atoms with E-state index in [4.69, 9.17) is 0 Å². The maximum absolute atomic E-state index is 12.7. The number of likely N-dealkylation sites (tertiary alicyclic amines) is 2. The van der Waals surface area contributed by atoms with Crippen molar-refractivity contribution in [2.75, 3.05) is 32.8 Å². The van der Waals surface area contributed by atoms with Gasteiger partial charge in [0.15, 0.2) is 0 Å². The zero-order chi connectivity index (χ0) is 18.0. The summed E-state index contributed by atoms with van der Waals surface area (Å²) in [5, 5.41) is 10.2. The summed E-state index contributed by atoms with van der Waals surface area (Å²) >= 11 is 0. The van der Waals surface area contributed by atoms with Crippen molar-refractivity contribution in [3.8, 4) is 0 Å². The molecule has 0 aliphatic carbocycles. The highest BCUT2D eigenvalue weighted by Crippen LogP contribution is 2.42. The van der Waals surface area contributed by atoms with Crippen LogP contribution in [0.3, 0.4) is 0 Å². The van der Waals surface area contributed by atoms with Gasteiger partial charge in [-0.15, -0.1) is 0 Å². The molecule has 1 aromatic heterocycles. The Bertz CT molecular complexity index is 755. The van der Waals surface area contributed by atoms with Crippen LogP contribution in [0.15, 0.2) is 48.9 Å². The van der Waals surface area contributed by atoms with E-state index in [9.17, 15) is 9.90 Å². The summed E-state index contributed by atoms with van der Waals surface area (Å²) in [7, 11) is 0. The van der Waals surface area contributed by atoms with E-state index in [-0.39, 0.29) is 17.9 Å². The molecule has 2 aliphatic heterocycles. The van der Waals surface area contributed by atoms with E-state index in [0.717, 1.165) is 26.1 Å². The minimum Gasteiger partial charge on any atom is -0.396 e. The van der Waals surface area contributed by atoms with Crippen LogP contribution in [-0.2, 0) is 6.54 Å². The number of carbonyl (C=O) groups is 1. The van der Waals surface area contributed by atoms with Crippen LogP contribution >= 0.6 is 0 Å². The van der Waals surface area contributed by atoms with E-state index < -0.39 is 0 Å². The minimum atomic E-state index is -0.245. The lowest BCUT2D eigenvalue weighted by molar-refractivity contribution is 0.0114. The Hall–Kier alpha value is -2.31. The normalized spacial score (nSPS) is 25.9. The van der Waals surface area contributed by atoms with Gasteiger partial charge in [0.1, 0.15) is 5.69 Å². The lowest BCUT2D eigenvalue weighted by Gasteiger charge is -2.43. The second-order valence-electron chi connectivity index (χ2n) is 7.48. The number of amides is 1. The molecule has 1 N–H and O–H groups in total. The van der Waals surface area contributed by atoms with Crippen LogP contribution < -0.4 is 0 Å². The highest BCUT2D eigenvalue weighted by molar-refractivity contribution is 5.92. The summed E-state index contributed by atoms with van der Waals surface area (Å²) in [4.78, 5) is 25.1. The first-order chi connectivity index (χ1) is 12.7. The Morgan fingerprint density at radius 3 is 2.81 bits per heavy atom. The first-order valence-corrected chi connectivity index (χ1v) is 9.13. The number of aliphatic hydroxyl groups excluding tert-OH is 1. The van der Waals surface area contributed by atoms with Gasteiger partial charge >= 0.3 is 0 Å². The predicted octanol–water partition coefficient (Wildman–Crippen LogP) is 1.43. The monoisotopic (exact) mass is 352 g/mol. The third kappa shape index (κ3) is 3.22. The number of hydrogen-bond acceptors (Lipinski definition) is 5. The zero-order valence-corrected chi connectivity index (χ0v) is 14.8. The van der Waals surface area contributed by atoms with Crippen molar-refractivity contribution in [1.29, 1.82) is 0 Å². The summed E-state index contributed by atoms with van der Waals surface area (Å²) in [5.41, 5.74) is 1.41. The molecule has 2 aliphatic rings. The average molecular weight is 352 g/mol. The topological polar surface area (TPSA) is 69.6 Å². The smallest absolute Gasteiger partial charge is 0.274 e. The van der Waals surface area contributed by atoms with Gasteiger partial charge in [-0.3, -0.25) is 14.7 Å². The fourth-order valence-corrected chi connectivity index (χ4v) is 4.43. The van der Waals surface area contributed by atoms with E-state index in [2.05, 4.69) is 39.1 Å². The molecule has 2 saturated heterocycles. The molecule has 26 heavy (non-hydrogen) atoms. The van der Waals surface area contributed by atoms with Crippen molar-refractivity contribution in [2.24, 2.45) is 11.3 Å². The molecular weight excluding hydrogens is 328 g/mol. The molecule has 1 amide bonds. The highest BCUT2D eigenvalue weighted by Gasteiger charge is 2.50. The number of aromatic nitrogens is 2. The van der Waals surface area contributed by atoms with Crippen molar-refractivity contribution in [1.82, 2.24) is 19.8 Å². The van der Waals surface area contributed by atoms with Gasteiger partial charge in [-0.1, -0.05) is 30.3 Å². The molecule has 6 heteroatoms. The molecule has 0 radical (unpaired) electrons. The molecule has 1 aromatic carbocycles. The molecule has 6 nitrogen and oxygen atoms in total. The number of nitrogens with zero attached hydrogens (tertiary/aromatic N) is 4. The molecule has 4 rings (SSSR count). The van der Waals surface area contributed by atoms with Crippen molar-refractivity contribution in [3.05, 3.63) is 60.2 Å². The Morgan fingerprint density at radius 1 is 1.23 bits per heavy atom. The van der Waals surface area contributed by atoms with Crippen LogP contribution in [0.2, 0.25) is 0 Å². The third-order valence-electron chi connectivity index (χ3n) is 5.77. The van der Waals surface area contributed by atoms with E-state index in [0.29, 0.717) is 24.7 Å². The number of benzene rings is 1. The minimum absolute atomic E-state index is 0.0918. The van der Waals surface area contributed by atoms with Crippen molar-refractivity contribution >= 4 is 5.91 Å². The number of aliphatic hydroxyl groups is 1. The fraction of sp³-hybridized carbons (Fsp3) is 0.450. The molecule has 2 fully saturated rings. The Morgan fingerprint density at radius 2 is 2.08 bits per heavy atom. The summed E-state index contributed by atoms with van der Waals surface area (Å²) in [5.74, 6) is 0.327. The molecule has 0 bridgehead atoms. The molecule has 2 atom stereocenters. The summed E-state index contributed by atoms with van der Waals surface area (Å²) in [6, 6.07) is 10.4. The molecular formula is C20H24N4O2. The molecule has 0 unspecified atom stereocenters. The number of piperidine rings is 1. The summed E-state index contributed by atoms with van der Waals surface area (Å²) in [6.07, 6.45) is 5.53. The first-order valence-electron chi connectivity index (χ1n) is 9.13. The van der Waals surface area contributed by atoms with Gasteiger partial charge in [-0.05, 0) is 17.9 Å². The van der Waals surface area contributed by atoms with E-state index in [1.807, 2.05) is 11.0 Å². The third-order valence-corrected chi connectivity index (χ3v) is 5.77. The van der Waals surface area contributed by atoms with Gasteiger partial charge in [0, 0.05) is 50.5 Å². The predicted molar refractivity (Wildman–Crippen MR) is 97.3 cm³/mol. The maximum atomic E-state index is 12.7. The summed E-state index contributed by atoms with van der Waals surface area (Å²) in [6.45, 7) is 4.07.